The first-order chi connectivity index (χ1) is 15.5. The van der Waals surface area contributed by atoms with Gasteiger partial charge in [0.25, 0.3) is 5.56 Å². The van der Waals surface area contributed by atoms with Crippen LogP contribution in [0.2, 0.25) is 0 Å². The van der Waals surface area contributed by atoms with Crippen molar-refractivity contribution >= 4 is 56.1 Å². The predicted octanol–water partition coefficient (Wildman–Crippen LogP) is 2.90. The van der Waals surface area contributed by atoms with Crippen LogP contribution in [0.5, 0.6) is 0 Å². The van der Waals surface area contributed by atoms with Crippen LogP contribution in [-0.4, -0.2) is 51.9 Å². The van der Waals surface area contributed by atoms with Gasteiger partial charge in [0.2, 0.25) is 5.91 Å². The highest BCUT2D eigenvalue weighted by molar-refractivity contribution is 7.99. The van der Waals surface area contributed by atoms with Crippen LogP contribution in [0.4, 0.5) is 10.8 Å². The van der Waals surface area contributed by atoms with E-state index in [1.165, 1.54) is 15.9 Å². The van der Waals surface area contributed by atoms with Crippen molar-refractivity contribution in [2.45, 2.75) is 24.9 Å². The van der Waals surface area contributed by atoms with Crippen LogP contribution < -0.4 is 15.8 Å². The number of benzene rings is 1. The minimum absolute atomic E-state index is 0.0199. The zero-order chi connectivity index (χ0) is 22.7. The average molecular weight is 474 g/mol. The summed E-state index contributed by atoms with van der Waals surface area (Å²) in [6, 6.07) is 6.67. The molecule has 1 amide bonds. The third-order valence-electron chi connectivity index (χ3n) is 4.99. The van der Waals surface area contributed by atoms with E-state index in [4.69, 9.17) is 4.74 Å². The lowest BCUT2D eigenvalue weighted by Gasteiger charge is -2.11. The molecule has 3 aromatic rings. The molecule has 0 bridgehead atoms. The Balaban J connectivity index is 1.48. The molecule has 32 heavy (non-hydrogen) atoms. The maximum absolute atomic E-state index is 12.8. The van der Waals surface area contributed by atoms with Gasteiger partial charge >= 0.3 is 5.97 Å². The van der Waals surface area contributed by atoms with E-state index in [0.29, 0.717) is 21.2 Å². The molecule has 3 heterocycles. The number of amides is 1. The first-order valence-corrected chi connectivity index (χ1v) is 12.1. The van der Waals surface area contributed by atoms with E-state index in [1.807, 2.05) is 0 Å². The fourth-order valence-corrected chi connectivity index (χ4v) is 5.18. The molecule has 2 aromatic heterocycles. The van der Waals surface area contributed by atoms with Crippen molar-refractivity contribution in [3.63, 3.8) is 0 Å². The Hall–Kier alpha value is -2.92. The van der Waals surface area contributed by atoms with Gasteiger partial charge < -0.3 is 15.0 Å². The van der Waals surface area contributed by atoms with Gasteiger partial charge in [0.05, 0.1) is 23.6 Å². The summed E-state index contributed by atoms with van der Waals surface area (Å²) < 4.78 is 7.00. The number of nitrogens with zero attached hydrogens (tertiary/aromatic N) is 4. The summed E-state index contributed by atoms with van der Waals surface area (Å²) in [5.41, 5.74) is 0.907. The molecule has 0 atom stereocenters. The van der Waals surface area contributed by atoms with Crippen LogP contribution in [-0.2, 0) is 16.6 Å². The number of thioether (sulfide) groups is 1. The summed E-state index contributed by atoms with van der Waals surface area (Å²) in [6.45, 7) is 3.85. The fraction of sp³-hybridized carbons (Fsp3) is 0.381. The molecular formula is C21H23N5O4S2. The molecular weight excluding hydrogens is 450 g/mol. The first kappa shape index (κ1) is 22.3. The molecule has 0 aliphatic carbocycles. The number of rotatable bonds is 7. The lowest BCUT2D eigenvalue weighted by molar-refractivity contribution is -0.113. The number of anilines is 2. The molecule has 4 rings (SSSR count). The van der Waals surface area contributed by atoms with Crippen molar-refractivity contribution in [3.05, 3.63) is 40.2 Å². The van der Waals surface area contributed by atoms with Gasteiger partial charge in [0, 0.05) is 20.1 Å². The second-order valence-corrected chi connectivity index (χ2v) is 9.12. The Morgan fingerprint density at radius 1 is 1.22 bits per heavy atom. The minimum Gasteiger partial charge on any atom is -0.462 e. The van der Waals surface area contributed by atoms with Crippen LogP contribution in [0.25, 0.3) is 10.3 Å². The summed E-state index contributed by atoms with van der Waals surface area (Å²) in [4.78, 5) is 48.7. The molecule has 1 N–H and O–H groups in total. The van der Waals surface area contributed by atoms with Crippen molar-refractivity contribution < 1.29 is 14.3 Å². The lowest BCUT2D eigenvalue weighted by Crippen LogP contribution is -2.21. The van der Waals surface area contributed by atoms with E-state index < -0.39 is 5.97 Å². The van der Waals surface area contributed by atoms with Crippen molar-refractivity contribution in [1.29, 1.82) is 0 Å². The number of para-hydroxylation sites is 1. The van der Waals surface area contributed by atoms with Crippen LogP contribution in [0.1, 0.15) is 30.1 Å². The van der Waals surface area contributed by atoms with E-state index in [1.54, 1.807) is 38.2 Å². The third kappa shape index (κ3) is 4.63. The summed E-state index contributed by atoms with van der Waals surface area (Å²) in [6.07, 6.45) is 2.24. The molecule has 0 spiro atoms. The highest BCUT2D eigenvalue weighted by Gasteiger charge is 2.20. The molecule has 0 saturated carbocycles. The number of carbonyl (C=O) groups excluding carboxylic acids is 2. The summed E-state index contributed by atoms with van der Waals surface area (Å²) in [5.74, 6) is -0.800. The second-order valence-electron chi connectivity index (χ2n) is 7.20. The van der Waals surface area contributed by atoms with Gasteiger partial charge in [-0.25, -0.2) is 9.78 Å². The van der Waals surface area contributed by atoms with Gasteiger partial charge in [-0.05, 0) is 31.9 Å². The zero-order valence-corrected chi connectivity index (χ0v) is 19.4. The minimum atomic E-state index is -0.497. The number of nitrogens with one attached hydrogen (secondary N) is 1. The van der Waals surface area contributed by atoms with E-state index in [2.05, 4.69) is 20.2 Å². The monoisotopic (exact) mass is 473 g/mol. The molecule has 1 aromatic carbocycles. The number of thiazole rings is 1. The fourth-order valence-electron chi connectivity index (χ4n) is 3.39. The smallest absolute Gasteiger partial charge is 0.340 e. The Morgan fingerprint density at radius 2 is 1.97 bits per heavy atom. The first-order valence-electron chi connectivity index (χ1n) is 10.3. The third-order valence-corrected chi connectivity index (χ3v) is 7.11. The van der Waals surface area contributed by atoms with E-state index in [-0.39, 0.29) is 29.4 Å². The molecule has 168 valence electrons. The highest BCUT2D eigenvalue weighted by atomic mass is 32.2. The Bertz CT molecular complexity index is 1220. The van der Waals surface area contributed by atoms with Gasteiger partial charge in [0.15, 0.2) is 15.9 Å². The average Bonchev–Trinajstić information content (AvgIpc) is 3.46. The number of carbonyl (C=O) groups is 2. The molecule has 1 aliphatic rings. The quantitative estimate of drug-likeness (QED) is 0.317. The largest absolute Gasteiger partial charge is 0.462 e. The standard InChI is InChI=1S/C21H23N5O4S2/c1-3-30-19(29)13-8-4-5-9-14(13)22-15(27)12-31-20-23-17-16(18(28)25(20)2)32-21(24-17)26-10-6-7-11-26/h4-5,8-9H,3,6-7,10-12H2,1-2H3,(H,22,27). The van der Waals surface area contributed by atoms with Gasteiger partial charge in [0.1, 0.15) is 4.70 Å². The van der Waals surface area contributed by atoms with Gasteiger partial charge in [-0.2, -0.15) is 4.98 Å². The van der Waals surface area contributed by atoms with Gasteiger partial charge in [-0.1, -0.05) is 35.2 Å². The molecule has 9 nitrogen and oxygen atoms in total. The van der Waals surface area contributed by atoms with Crippen molar-refractivity contribution in [2.75, 3.05) is 35.7 Å². The summed E-state index contributed by atoms with van der Waals surface area (Å²) in [5, 5.41) is 3.97. The number of esters is 1. The van der Waals surface area contributed by atoms with Crippen LogP contribution in [0.15, 0.2) is 34.2 Å². The van der Waals surface area contributed by atoms with Gasteiger partial charge in [-0.3, -0.25) is 14.2 Å². The van der Waals surface area contributed by atoms with E-state index in [9.17, 15) is 14.4 Å². The molecule has 1 aliphatic heterocycles. The second kappa shape index (κ2) is 9.70. The van der Waals surface area contributed by atoms with Crippen molar-refractivity contribution in [3.8, 4) is 0 Å². The highest BCUT2D eigenvalue weighted by Crippen LogP contribution is 2.29. The molecule has 1 fully saturated rings. The van der Waals surface area contributed by atoms with E-state index >= 15 is 0 Å². The number of fused-ring (bicyclic) bond motifs is 1. The maximum Gasteiger partial charge on any atom is 0.340 e. The van der Waals surface area contributed by atoms with E-state index in [0.717, 1.165) is 42.8 Å². The molecule has 11 heteroatoms. The predicted molar refractivity (Wildman–Crippen MR) is 126 cm³/mol. The summed E-state index contributed by atoms with van der Waals surface area (Å²) >= 11 is 2.51. The van der Waals surface area contributed by atoms with Gasteiger partial charge in [-0.15, -0.1) is 0 Å². The lowest BCUT2D eigenvalue weighted by atomic mass is 10.2. The van der Waals surface area contributed by atoms with Crippen LogP contribution in [0, 0.1) is 0 Å². The summed E-state index contributed by atoms with van der Waals surface area (Å²) in [7, 11) is 1.64. The Morgan fingerprint density at radius 3 is 2.72 bits per heavy atom. The topological polar surface area (TPSA) is 106 Å². The Labute approximate surface area is 192 Å². The van der Waals surface area contributed by atoms with Crippen LogP contribution >= 0.6 is 23.1 Å². The molecule has 0 unspecified atom stereocenters. The number of ether oxygens (including phenoxy) is 1. The molecule has 1 saturated heterocycles. The number of hydrogen-bond donors (Lipinski definition) is 1. The maximum atomic E-state index is 12.8. The number of hydrogen-bond acceptors (Lipinski definition) is 9. The Kier molecular flexibility index (Phi) is 6.75. The number of aromatic nitrogens is 3. The SMILES string of the molecule is CCOC(=O)c1ccccc1NC(=O)CSc1nc2nc(N3CCCC3)sc2c(=O)n1C. The van der Waals surface area contributed by atoms with Crippen molar-refractivity contribution in [1.82, 2.24) is 14.5 Å². The van der Waals surface area contributed by atoms with Crippen molar-refractivity contribution in [2.24, 2.45) is 7.05 Å². The molecule has 0 radical (unpaired) electrons. The normalized spacial score (nSPS) is 13.5. The van der Waals surface area contributed by atoms with Crippen LogP contribution in [0.3, 0.4) is 0 Å². The zero-order valence-electron chi connectivity index (χ0n) is 17.8.